The Kier molecular flexibility index (Phi) is 5.49. The van der Waals surface area contributed by atoms with Crippen LogP contribution in [-0.2, 0) is 0 Å². The van der Waals surface area contributed by atoms with Crippen molar-refractivity contribution < 1.29 is 15.0 Å². The average Bonchev–Trinajstić information content (AvgIpc) is 2.46. The summed E-state index contributed by atoms with van der Waals surface area (Å²) in [6.45, 7) is 1.20. The van der Waals surface area contributed by atoms with Gasteiger partial charge in [0.15, 0.2) is 0 Å². The Labute approximate surface area is 112 Å². The maximum Gasteiger partial charge on any atom is 0.253 e. The summed E-state index contributed by atoms with van der Waals surface area (Å²) >= 11 is 0. The molecule has 5 heteroatoms. The second kappa shape index (κ2) is 6.88. The molecule has 19 heavy (non-hydrogen) atoms. The lowest BCUT2D eigenvalue weighted by molar-refractivity contribution is 0.0632. The molecule has 0 saturated carbocycles. The third kappa shape index (κ3) is 3.53. The smallest absolute Gasteiger partial charge is 0.253 e. The Morgan fingerprint density at radius 3 is 2.53 bits per heavy atom. The van der Waals surface area contributed by atoms with Gasteiger partial charge in [-0.05, 0) is 18.6 Å². The number of aliphatic hydroxyl groups excluding tert-OH is 2. The highest BCUT2D eigenvalue weighted by molar-refractivity contribution is 5.97. The lowest BCUT2D eigenvalue weighted by Gasteiger charge is -2.30. The molecule has 0 fully saturated rings. The molecular weight excluding hydrogens is 244 g/mol. The molecule has 0 unspecified atom stereocenters. The SMILES string of the molecule is CCCC(CO)(CO)NC(=O)c1ccccc1C#N. The second-order valence-electron chi connectivity index (χ2n) is 4.46. The van der Waals surface area contributed by atoms with E-state index in [1.807, 2.05) is 13.0 Å². The molecule has 0 saturated heterocycles. The van der Waals surface area contributed by atoms with Crippen LogP contribution in [0.4, 0.5) is 0 Å². The third-order valence-corrected chi connectivity index (χ3v) is 3.00. The quantitative estimate of drug-likeness (QED) is 0.707. The van der Waals surface area contributed by atoms with Crippen LogP contribution in [0.3, 0.4) is 0 Å². The first-order valence-electron chi connectivity index (χ1n) is 6.16. The standard InChI is InChI=1S/C14H18N2O3/c1-2-7-14(9-17,10-18)16-13(19)12-6-4-3-5-11(12)8-15/h3-6,17-18H,2,7,9-10H2,1H3,(H,16,19). The average molecular weight is 262 g/mol. The molecular formula is C14H18N2O3. The number of hydrogen-bond donors (Lipinski definition) is 3. The van der Waals surface area contributed by atoms with Gasteiger partial charge in [-0.25, -0.2) is 0 Å². The summed E-state index contributed by atoms with van der Waals surface area (Å²) in [4.78, 5) is 12.1. The van der Waals surface area contributed by atoms with Crippen molar-refractivity contribution >= 4 is 5.91 Å². The van der Waals surface area contributed by atoms with Crippen molar-refractivity contribution in [2.75, 3.05) is 13.2 Å². The van der Waals surface area contributed by atoms with E-state index in [1.54, 1.807) is 24.3 Å². The number of hydrogen-bond acceptors (Lipinski definition) is 4. The first kappa shape index (κ1) is 15.2. The lowest BCUT2D eigenvalue weighted by Crippen LogP contribution is -2.54. The van der Waals surface area contributed by atoms with Crippen molar-refractivity contribution in [2.45, 2.75) is 25.3 Å². The van der Waals surface area contributed by atoms with Crippen LogP contribution >= 0.6 is 0 Å². The number of carbonyl (C=O) groups is 1. The van der Waals surface area contributed by atoms with Gasteiger partial charge in [-0.1, -0.05) is 25.5 Å². The maximum absolute atomic E-state index is 12.1. The minimum absolute atomic E-state index is 0.243. The molecule has 1 rings (SSSR count). The number of nitriles is 1. The molecule has 0 heterocycles. The van der Waals surface area contributed by atoms with Crippen molar-refractivity contribution in [1.29, 1.82) is 5.26 Å². The molecule has 0 aliphatic rings. The van der Waals surface area contributed by atoms with Crippen molar-refractivity contribution in [3.8, 4) is 6.07 Å². The van der Waals surface area contributed by atoms with E-state index < -0.39 is 11.4 Å². The summed E-state index contributed by atoms with van der Waals surface area (Å²) in [5.41, 5.74) is -0.539. The van der Waals surface area contributed by atoms with Gasteiger partial charge in [-0.2, -0.15) is 5.26 Å². The summed E-state index contributed by atoms with van der Waals surface area (Å²) in [5.74, 6) is -0.464. The van der Waals surface area contributed by atoms with E-state index in [0.717, 1.165) is 0 Å². The fraction of sp³-hybridized carbons (Fsp3) is 0.429. The number of aliphatic hydroxyl groups is 2. The summed E-state index contributed by atoms with van der Waals surface area (Å²) < 4.78 is 0. The van der Waals surface area contributed by atoms with Gasteiger partial charge in [0.05, 0.1) is 35.9 Å². The summed E-state index contributed by atoms with van der Waals surface area (Å²) in [7, 11) is 0. The molecule has 1 aromatic rings. The Morgan fingerprint density at radius 2 is 2.00 bits per heavy atom. The predicted octanol–water partition coefficient (Wildman–Crippen LogP) is 0.812. The number of carbonyl (C=O) groups excluding carboxylic acids is 1. The summed E-state index contributed by atoms with van der Waals surface area (Å²) in [6, 6.07) is 8.37. The zero-order valence-electron chi connectivity index (χ0n) is 10.9. The Bertz CT molecular complexity index is 476. The lowest BCUT2D eigenvalue weighted by atomic mass is 9.94. The van der Waals surface area contributed by atoms with Crippen molar-refractivity contribution in [3.63, 3.8) is 0 Å². The van der Waals surface area contributed by atoms with Crippen LogP contribution in [0.2, 0.25) is 0 Å². The van der Waals surface area contributed by atoms with Gasteiger partial charge >= 0.3 is 0 Å². The number of rotatable bonds is 6. The largest absolute Gasteiger partial charge is 0.394 e. The third-order valence-electron chi connectivity index (χ3n) is 3.00. The highest BCUT2D eigenvalue weighted by atomic mass is 16.3. The van der Waals surface area contributed by atoms with Crippen LogP contribution in [0, 0.1) is 11.3 Å². The summed E-state index contributed by atoms with van der Waals surface area (Å²) in [6.07, 6.45) is 1.17. The Balaban J connectivity index is 2.98. The molecule has 0 spiro atoms. The van der Waals surface area contributed by atoms with E-state index in [0.29, 0.717) is 12.8 Å². The van der Waals surface area contributed by atoms with Crippen molar-refractivity contribution in [2.24, 2.45) is 0 Å². The van der Waals surface area contributed by atoms with Gasteiger partial charge in [0.25, 0.3) is 5.91 Å². The monoisotopic (exact) mass is 262 g/mol. The van der Waals surface area contributed by atoms with Gasteiger partial charge in [0.1, 0.15) is 0 Å². The second-order valence-corrected chi connectivity index (χ2v) is 4.46. The van der Waals surface area contributed by atoms with Gasteiger partial charge in [-0.15, -0.1) is 0 Å². The molecule has 0 aliphatic heterocycles. The van der Waals surface area contributed by atoms with Gasteiger partial charge in [0, 0.05) is 0 Å². The number of benzene rings is 1. The van der Waals surface area contributed by atoms with Crippen LogP contribution in [0.25, 0.3) is 0 Å². The van der Waals surface area contributed by atoms with Crippen molar-refractivity contribution in [1.82, 2.24) is 5.32 Å². The Hall–Kier alpha value is -1.90. The molecule has 0 bridgehead atoms. The molecule has 0 atom stereocenters. The van der Waals surface area contributed by atoms with E-state index in [1.165, 1.54) is 0 Å². The van der Waals surface area contributed by atoms with E-state index in [-0.39, 0.29) is 24.3 Å². The number of nitrogens with zero attached hydrogens (tertiary/aromatic N) is 1. The van der Waals surface area contributed by atoms with E-state index >= 15 is 0 Å². The predicted molar refractivity (Wildman–Crippen MR) is 70.4 cm³/mol. The van der Waals surface area contributed by atoms with Crippen LogP contribution < -0.4 is 5.32 Å². The molecule has 0 radical (unpaired) electrons. The first-order valence-corrected chi connectivity index (χ1v) is 6.16. The number of nitrogens with one attached hydrogen (secondary N) is 1. The molecule has 5 nitrogen and oxygen atoms in total. The molecule has 0 aromatic heterocycles. The van der Waals surface area contributed by atoms with Gasteiger partial charge in [0.2, 0.25) is 0 Å². The van der Waals surface area contributed by atoms with Crippen LogP contribution in [0.1, 0.15) is 35.7 Å². The van der Waals surface area contributed by atoms with Crippen LogP contribution in [0.15, 0.2) is 24.3 Å². The zero-order valence-corrected chi connectivity index (χ0v) is 10.9. The fourth-order valence-corrected chi connectivity index (χ4v) is 1.92. The topological polar surface area (TPSA) is 93.3 Å². The molecule has 0 aliphatic carbocycles. The first-order chi connectivity index (χ1) is 9.12. The minimum Gasteiger partial charge on any atom is -0.394 e. The summed E-state index contributed by atoms with van der Waals surface area (Å²) in [5, 5.41) is 30.4. The highest BCUT2D eigenvalue weighted by Gasteiger charge is 2.30. The maximum atomic E-state index is 12.1. The molecule has 3 N–H and O–H groups in total. The highest BCUT2D eigenvalue weighted by Crippen LogP contribution is 2.14. The van der Waals surface area contributed by atoms with E-state index in [2.05, 4.69) is 5.32 Å². The zero-order chi connectivity index (χ0) is 14.3. The molecule has 1 amide bonds. The van der Waals surface area contributed by atoms with Gasteiger partial charge in [-0.3, -0.25) is 4.79 Å². The van der Waals surface area contributed by atoms with E-state index in [9.17, 15) is 15.0 Å². The molecule has 1 aromatic carbocycles. The van der Waals surface area contributed by atoms with Crippen LogP contribution in [-0.4, -0.2) is 34.9 Å². The molecule has 102 valence electrons. The van der Waals surface area contributed by atoms with Crippen molar-refractivity contribution in [3.05, 3.63) is 35.4 Å². The normalized spacial score (nSPS) is 10.8. The van der Waals surface area contributed by atoms with Gasteiger partial charge < -0.3 is 15.5 Å². The van der Waals surface area contributed by atoms with Crippen LogP contribution in [0.5, 0.6) is 0 Å². The minimum atomic E-state index is -1.05. The number of amides is 1. The van der Waals surface area contributed by atoms with E-state index in [4.69, 9.17) is 5.26 Å². The fourth-order valence-electron chi connectivity index (χ4n) is 1.92. The Morgan fingerprint density at radius 1 is 1.37 bits per heavy atom.